The molecule has 0 radical (unpaired) electrons. The lowest BCUT2D eigenvalue weighted by atomic mass is 9.82. The molecular formula is C18H21NO. The molecule has 0 aromatic heterocycles. The third-order valence-corrected chi connectivity index (χ3v) is 4.05. The Kier molecular flexibility index (Phi) is 4.03. The predicted molar refractivity (Wildman–Crippen MR) is 82.3 cm³/mol. The molecule has 2 atom stereocenters. The van der Waals surface area contributed by atoms with Crippen LogP contribution >= 0.6 is 0 Å². The van der Waals surface area contributed by atoms with Gasteiger partial charge in [-0.1, -0.05) is 37.3 Å². The highest BCUT2D eigenvalue weighted by Gasteiger charge is 2.22. The van der Waals surface area contributed by atoms with Crippen molar-refractivity contribution in [3.8, 4) is 11.5 Å². The molecule has 1 fully saturated rings. The minimum absolute atomic E-state index is 0.635. The van der Waals surface area contributed by atoms with Crippen LogP contribution in [0.5, 0.6) is 11.5 Å². The van der Waals surface area contributed by atoms with E-state index in [9.17, 15) is 0 Å². The van der Waals surface area contributed by atoms with Gasteiger partial charge in [0.2, 0.25) is 0 Å². The molecule has 2 aromatic rings. The van der Waals surface area contributed by atoms with Crippen LogP contribution in [-0.4, -0.2) is 13.1 Å². The fraction of sp³-hybridized carbons (Fsp3) is 0.333. The van der Waals surface area contributed by atoms with Crippen molar-refractivity contribution >= 4 is 0 Å². The molecule has 1 saturated heterocycles. The van der Waals surface area contributed by atoms with Crippen molar-refractivity contribution in [3.05, 3.63) is 60.2 Å². The van der Waals surface area contributed by atoms with Gasteiger partial charge in [0.25, 0.3) is 0 Å². The summed E-state index contributed by atoms with van der Waals surface area (Å²) in [4.78, 5) is 0. The molecule has 1 aliphatic heterocycles. The first-order chi connectivity index (χ1) is 9.83. The first-order valence-electron chi connectivity index (χ1n) is 7.36. The maximum absolute atomic E-state index is 5.93. The molecule has 1 heterocycles. The van der Waals surface area contributed by atoms with Crippen molar-refractivity contribution < 1.29 is 4.74 Å². The molecule has 1 N–H and O–H groups in total. The molecule has 2 aromatic carbocycles. The second kappa shape index (κ2) is 6.10. The normalized spacial score (nSPS) is 22.4. The van der Waals surface area contributed by atoms with Gasteiger partial charge in [-0.2, -0.15) is 0 Å². The summed E-state index contributed by atoms with van der Waals surface area (Å²) in [6.45, 7) is 4.54. The zero-order valence-corrected chi connectivity index (χ0v) is 11.9. The highest BCUT2D eigenvalue weighted by atomic mass is 16.5. The summed E-state index contributed by atoms with van der Waals surface area (Å²) in [5.41, 5.74) is 1.40. The van der Waals surface area contributed by atoms with Gasteiger partial charge in [0.1, 0.15) is 11.5 Å². The largest absolute Gasteiger partial charge is 0.457 e. The monoisotopic (exact) mass is 267 g/mol. The van der Waals surface area contributed by atoms with Crippen LogP contribution < -0.4 is 10.1 Å². The molecule has 0 bridgehead atoms. The molecule has 2 nitrogen and oxygen atoms in total. The van der Waals surface area contributed by atoms with E-state index in [2.05, 4.69) is 30.4 Å². The summed E-state index contributed by atoms with van der Waals surface area (Å²) in [6, 6.07) is 18.5. The smallest absolute Gasteiger partial charge is 0.127 e. The van der Waals surface area contributed by atoms with Crippen molar-refractivity contribution in [2.24, 2.45) is 5.92 Å². The fourth-order valence-electron chi connectivity index (χ4n) is 2.94. The lowest BCUT2D eigenvalue weighted by Gasteiger charge is -2.30. The maximum Gasteiger partial charge on any atom is 0.127 e. The van der Waals surface area contributed by atoms with Gasteiger partial charge in [0.05, 0.1) is 0 Å². The zero-order chi connectivity index (χ0) is 13.8. The average Bonchev–Trinajstić information content (AvgIpc) is 2.49. The number of piperidine rings is 1. The van der Waals surface area contributed by atoms with Gasteiger partial charge in [-0.15, -0.1) is 0 Å². The summed E-state index contributed by atoms with van der Waals surface area (Å²) >= 11 is 0. The van der Waals surface area contributed by atoms with Gasteiger partial charge < -0.3 is 10.1 Å². The Hall–Kier alpha value is -1.80. The SMILES string of the molecule is CC1CNCCC1c1cccc(Oc2ccccc2)c1. The molecule has 2 heteroatoms. The number of benzene rings is 2. The first-order valence-corrected chi connectivity index (χ1v) is 7.36. The molecule has 0 aliphatic carbocycles. The van der Waals surface area contributed by atoms with E-state index in [0.29, 0.717) is 11.8 Å². The van der Waals surface area contributed by atoms with Crippen molar-refractivity contribution in [2.75, 3.05) is 13.1 Å². The van der Waals surface area contributed by atoms with Gasteiger partial charge in [0.15, 0.2) is 0 Å². The van der Waals surface area contributed by atoms with E-state index >= 15 is 0 Å². The Morgan fingerprint density at radius 3 is 2.60 bits per heavy atom. The molecule has 1 aliphatic rings. The molecular weight excluding hydrogens is 246 g/mol. The molecule has 0 amide bonds. The third kappa shape index (κ3) is 3.02. The van der Waals surface area contributed by atoms with Gasteiger partial charge in [-0.25, -0.2) is 0 Å². The van der Waals surface area contributed by atoms with E-state index in [1.165, 1.54) is 12.0 Å². The zero-order valence-electron chi connectivity index (χ0n) is 11.9. The third-order valence-electron chi connectivity index (χ3n) is 4.05. The van der Waals surface area contributed by atoms with Gasteiger partial charge in [-0.05, 0) is 61.2 Å². The predicted octanol–water partition coefficient (Wildman–Crippen LogP) is 4.19. The van der Waals surface area contributed by atoms with Crippen LogP contribution in [0.15, 0.2) is 54.6 Å². The van der Waals surface area contributed by atoms with Crippen LogP contribution in [0.2, 0.25) is 0 Å². The molecule has 3 rings (SSSR count). The van der Waals surface area contributed by atoms with E-state index < -0.39 is 0 Å². The Balaban J connectivity index is 1.79. The van der Waals surface area contributed by atoms with Gasteiger partial charge in [0, 0.05) is 0 Å². The van der Waals surface area contributed by atoms with E-state index in [4.69, 9.17) is 4.74 Å². The lowest BCUT2D eigenvalue weighted by Crippen LogP contribution is -2.33. The summed E-state index contributed by atoms with van der Waals surface area (Å²) in [6.07, 6.45) is 1.20. The second-order valence-electron chi connectivity index (χ2n) is 5.56. The topological polar surface area (TPSA) is 21.3 Å². The lowest BCUT2D eigenvalue weighted by molar-refractivity contribution is 0.348. The Morgan fingerprint density at radius 2 is 1.80 bits per heavy atom. The highest BCUT2D eigenvalue weighted by molar-refractivity contribution is 5.35. The quantitative estimate of drug-likeness (QED) is 0.900. The van der Waals surface area contributed by atoms with Gasteiger partial charge >= 0.3 is 0 Å². The van der Waals surface area contributed by atoms with E-state index in [-0.39, 0.29) is 0 Å². The van der Waals surface area contributed by atoms with Crippen LogP contribution in [0.3, 0.4) is 0 Å². The van der Waals surface area contributed by atoms with E-state index in [1.807, 2.05) is 36.4 Å². The minimum Gasteiger partial charge on any atom is -0.457 e. The number of hydrogen-bond acceptors (Lipinski definition) is 2. The van der Waals surface area contributed by atoms with Crippen LogP contribution in [0.1, 0.15) is 24.8 Å². The molecule has 2 unspecified atom stereocenters. The highest BCUT2D eigenvalue weighted by Crippen LogP contribution is 2.32. The van der Waals surface area contributed by atoms with Crippen molar-refractivity contribution in [1.82, 2.24) is 5.32 Å². The average molecular weight is 267 g/mol. The second-order valence-corrected chi connectivity index (χ2v) is 5.56. The number of ether oxygens (including phenoxy) is 1. The molecule has 0 spiro atoms. The van der Waals surface area contributed by atoms with E-state index in [1.54, 1.807) is 0 Å². The Bertz CT molecular complexity index is 552. The number of rotatable bonds is 3. The molecule has 0 saturated carbocycles. The van der Waals surface area contributed by atoms with Crippen LogP contribution in [0, 0.1) is 5.92 Å². The summed E-state index contributed by atoms with van der Waals surface area (Å²) in [7, 11) is 0. The van der Waals surface area contributed by atoms with Crippen LogP contribution in [0.4, 0.5) is 0 Å². The van der Waals surface area contributed by atoms with Crippen molar-refractivity contribution in [2.45, 2.75) is 19.3 Å². The first kappa shape index (κ1) is 13.2. The molecule has 104 valence electrons. The number of hydrogen-bond donors (Lipinski definition) is 1. The maximum atomic E-state index is 5.93. The van der Waals surface area contributed by atoms with Gasteiger partial charge in [-0.3, -0.25) is 0 Å². The van der Waals surface area contributed by atoms with Crippen molar-refractivity contribution in [1.29, 1.82) is 0 Å². The van der Waals surface area contributed by atoms with Crippen LogP contribution in [-0.2, 0) is 0 Å². The summed E-state index contributed by atoms with van der Waals surface area (Å²) in [5.74, 6) is 3.13. The number of para-hydroxylation sites is 1. The number of nitrogens with one attached hydrogen (secondary N) is 1. The Morgan fingerprint density at radius 1 is 1.00 bits per heavy atom. The Labute approximate surface area is 120 Å². The minimum atomic E-state index is 0.635. The standard InChI is InChI=1S/C18H21NO/c1-14-13-19-11-10-18(14)15-6-5-9-17(12-15)20-16-7-3-2-4-8-16/h2-9,12,14,18-19H,10-11,13H2,1H3. The van der Waals surface area contributed by atoms with Crippen molar-refractivity contribution in [3.63, 3.8) is 0 Å². The summed E-state index contributed by atoms with van der Waals surface area (Å²) < 4.78 is 5.93. The van der Waals surface area contributed by atoms with Crippen LogP contribution in [0.25, 0.3) is 0 Å². The summed E-state index contributed by atoms with van der Waals surface area (Å²) in [5, 5.41) is 3.46. The molecule has 20 heavy (non-hydrogen) atoms. The fourth-order valence-corrected chi connectivity index (χ4v) is 2.94. The van der Waals surface area contributed by atoms with E-state index in [0.717, 1.165) is 24.6 Å².